The monoisotopic (exact) mass is 1850 g/mol. The van der Waals surface area contributed by atoms with Crippen molar-refractivity contribution in [3.8, 4) is 0 Å². The second kappa shape index (κ2) is 32.8. The number of hydrogen-bond acceptors (Lipinski definition) is 27. The molecule has 27 aliphatic heterocycles. The summed E-state index contributed by atoms with van der Waals surface area (Å²) in [5.41, 5.74) is -0.147. The molecule has 27 heterocycles. The van der Waals surface area contributed by atoms with E-state index >= 15 is 0 Å². The van der Waals surface area contributed by atoms with Gasteiger partial charge in [0.1, 0.15) is 54.9 Å². The van der Waals surface area contributed by atoms with Crippen molar-refractivity contribution in [2.45, 2.75) is 445 Å². The average Bonchev–Trinajstić information content (AvgIpc) is 1.48. The minimum Gasteiger partial charge on any atom is -0.388 e. The highest BCUT2D eigenvalue weighted by atomic mass is 16.6. The van der Waals surface area contributed by atoms with Gasteiger partial charge in [0.2, 0.25) is 53.2 Å². The van der Waals surface area contributed by atoms with E-state index in [0.717, 1.165) is 95.1 Å². The van der Waals surface area contributed by atoms with Crippen molar-refractivity contribution in [2.24, 2.45) is 71.0 Å². The van der Waals surface area contributed by atoms with E-state index < -0.39 is 54.9 Å². The Bertz CT molecular complexity index is 4520. The van der Waals surface area contributed by atoms with Crippen LogP contribution >= 0.6 is 0 Å². The van der Waals surface area contributed by atoms with Gasteiger partial charge in [-0.25, -0.2) is 0 Å². The maximum Gasteiger partial charge on any atom is 0.229 e. The zero-order valence-corrected chi connectivity index (χ0v) is 77.2. The first-order valence-electron chi connectivity index (χ1n) is 50.9. The number of aliphatic hydroxyl groups excluding tert-OH is 9. The fraction of sp³-hybridized carbons (Fsp3) is 0.906. The number of likely N-dealkylation sites (N-methyl/N-ethyl adjacent to an activating group) is 2. The standard InChI is InChI=1S/C17H23NO3.C13H19NO3.2C11H17NO3.2C10H15NO3.C9H13NO3.C8H11NO3.C7H9NO3/c19-14-12-4-11-15(21-12)13(14)18(16(11)20)17-5-8-1-9(6-17)3-10(2-8)7-17;15-11-9-6-8-12(17-9)10(11)14(13(8)16)7-4-2-1-3-5-7;1-11(2,3)12-7-8(13)6-4-5(10(12)14)9(7)15-6;1-2-3-4-12-8-9(13)7-5-6(11(12)14)10(8)15-7;1-4(2)11-7-8(12)6-3-5(10(11)13)9(7)14-6;1-2-3-11-7-8(12)6-4-5(10(11)13)9(7)14-6;1-2-10-6-7(11)5-3-4(9(10)12)8(6)13-5;1-9-5-6(10)4-2-3(8(9)11)7(5)12-4;9-5-3-1-2-6(11-3)4(5)8-7(2)10/h8-15,19H,1-7H2;7-12,15H,1-6H2;5-9,13H,4H2,1-3H3;6-10,13H,2-5H2,1H3;4-9,12H,3H2,1-2H3;5-9,12H,2-4H2,1H3;4-8,11H,2-3H2,1H3;3-7,10H,2H2,1H3;2-6,9H,1H2,(H,8,10). The number of aliphatic hydroxyl groups is 9. The van der Waals surface area contributed by atoms with Crippen LogP contribution in [-0.4, -0.2) is 407 Å². The van der Waals surface area contributed by atoms with E-state index in [-0.39, 0.29) is 282 Å². The van der Waals surface area contributed by atoms with Gasteiger partial charge in [-0.15, -0.1) is 0 Å². The zero-order chi connectivity index (χ0) is 92.1. The fourth-order valence-electron chi connectivity index (χ4n) is 33.0. The summed E-state index contributed by atoms with van der Waals surface area (Å²) in [4.78, 5) is 123. The lowest BCUT2D eigenvalue weighted by atomic mass is 9.52. The summed E-state index contributed by atoms with van der Waals surface area (Å²) < 4.78 is 50.7. The number of rotatable bonds is 9. The molecule has 0 aromatic rings. The van der Waals surface area contributed by atoms with Crippen LogP contribution in [-0.2, 0) is 85.8 Å². The third-order valence-corrected chi connectivity index (χ3v) is 38.0. The summed E-state index contributed by atoms with van der Waals surface area (Å²) in [6, 6.07) is -0.0638. The van der Waals surface area contributed by atoms with Crippen molar-refractivity contribution in [1.29, 1.82) is 0 Å². The van der Waals surface area contributed by atoms with Gasteiger partial charge >= 0.3 is 0 Å². The lowest BCUT2D eigenvalue weighted by molar-refractivity contribution is -0.154. The molecule has 5 saturated carbocycles. The number of ether oxygens (including phenoxy) is 9. The molecule has 22 bridgehead atoms. The van der Waals surface area contributed by atoms with Crippen LogP contribution in [0.1, 0.15) is 203 Å². The predicted octanol–water partition coefficient (Wildman–Crippen LogP) is -1.24. The van der Waals surface area contributed by atoms with E-state index in [1.54, 1.807) is 16.8 Å². The number of amides is 9. The van der Waals surface area contributed by atoms with Gasteiger partial charge in [-0.05, 0) is 181 Å². The Balaban J connectivity index is 0.0000000847. The van der Waals surface area contributed by atoms with Crippen molar-refractivity contribution in [3.05, 3.63) is 0 Å². The number of fused-ring (bicyclic) bond motifs is 9. The Labute approximate surface area is 769 Å². The van der Waals surface area contributed by atoms with Crippen molar-refractivity contribution < 1.29 is 132 Å². The summed E-state index contributed by atoms with van der Waals surface area (Å²) >= 11 is 0. The van der Waals surface area contributed by atoms with Gasteiger partial charge in [0.25, 0.3) is 0 Å². The summed E-state index contributed by atoms with van der Waals surface area (Å²) in [5, 5.41) is 92.3. The maximum absolute atomic E-state index is 13.0. The van der Waals surface area contributed by atoms with Crippen molar-refractivity contribution in [1.82, 2.24) is 44.5 Å². The molecule has 32 aliphatic rings. The Kier molecular flexibility index (Phi) is 22.5. The van der Waals surface area contributed by atoms with E-state index in [4.69, 9.17) is 42.6 Å². The van der Waals surface area contributed by atoms with Gasteiger partial charge in [-0.1, -0.05) is 39.5 Å². The lowest BCUT2D eigenvalue weighted by Gasteiger charge is -2.60. The highest BCUT2D eigenvalue weighted by Crippen LogP contribution is 2.63. The molecule has 9 amide bonds. The smallest absolute Gasteiger partial charge is 0.229 e. The molecule has 27 saturated heterocycles. The predicted molar refractivity (Wildman–Crippen MR) is 456 cm³/mol. The largest absolute Gasteiger partial charge is 0.388 e. The van der Waals surface area contributed by atoms with E-state index in [9.17, 15) is 89.1 Å². The number of carbonyl (C=O) groups excluding carboxylic acids is 9. The maximum atomic E-state index is 13.0. The zero-order valence-electron chi connectivity index (χ0n) is 77.2. The van der Waals surface area contributed by atoms with Crippen LogP contribution < -0.4 is 5.32 Å². The van der Waals surface area contributed by atoms with Crippen LogP contribution in [0.3, 0.4) is 0 Å². The van der Waals surface area contributed by atoms with E-state index in [1.807, 2.05) is 73.0 Å². The summed E-state index contributed by atoms with van der Waals surface area (Å²) in [6.45, 7) is 18.3. The van der Waals surface area contributed by atoms with Crippen molar-refractivity contribution >= 4 is 53.2 Å². The third-order valence-electron chi connectivity index (χ3n) is 38.0. The first-order chi connectivity index (χ1) is 63.1. The van der Waals surface area contributed by atoms with Crippen LogP contribution in [0.5, 0.6) is 0 Å². The molecule has 45 atom stereocenters. The Hall–Kier alpha value is -5.49. The average molecular weight is 1850 g/mol. The fourth-order valence-corrected chi connectivity index (χ4v) is 33.0. The van der Waals surface area contributed by atoms with Gasteiger partial charge < -0.3 is 133 Å². The molecular weight excluding hydrogens is 1710 g/mol. The second-order valence-electron chi connectivity index (χ2n) is 46.3. The summed E-state index contributed by atoms with van der Waals surface area (Å²) in [7, 11) is 1.75. The molecule has 32 fully saturated rings. The van der Waals surface area contributed by atoms with Gasteiger partial charge in [-0.3, -0.25) is 43.2 Å². The molecule has 730 valence electrons. The van der Waals surface area contributed by atoms with Gasteiger partial charge in [0.05, 0.1) is 218 Å². The third kappa shape index (κ3) is 13.3. The first-order valence-corrected chi connectivity index (χ1v) is 50.9. The van der Waals surface area contributed by atoms with Gasteiger partial charge in [0.15, 0.2) is 0 Å². The molecule has 36 heteroatoms. The molecular formula is C96H139N9O27. The first kappa shape index (κ1) is 90.4. The second-order valence-corrected chi connectivity index (χ2v) is 46.3. The number of likely N-dealkylation sites (tertiary alicyclic amines) is 8. The highest BCUT2D eigenvalue weighted by Gasteiger charge is 2.75. The Morgan fingerprint density at radius 3 is 1.17 bits per heavy atom. The molecule has 10 N–H and O–H groups in total. The van der Waals surface area contributed by atoms with Gasteiger partial charge in [-0.2, -0.15) is 0 Å². The minimum absolute atomic E-state index is 0.00243. The summed E-state index contributed by atoms with van der Waals surface area (Å²) in [5.74, 6) is 4.49. The minimum atomic E-state index is -0.489. The van der Waals surface area contributed by atoms with Crippen LogP contribution in [0.4, 0.5) is 0 Å². The molecule has 32 rings (SSSR count). The number of nitrogens with one attached hydrogen (secondary N) is 1. The highest BCUT2D eigenvalue weighted by molar-refractivity contribution is 5.89. The number of nitrogens with zero attached hydrogens (tertiary/aromatic N) is 8. The number of unbranched alkanes of at least 4 members (excludes halogenated alkanes) is 1. The molecule has 0 aromatic heterocycles. The SMILES string of the molecule is CC(C)(C)N1C(=O)C2CC3OC2C1C3O.CC(C)N1C(=O)C2CC3OC2C1C3O.CCCCN1C(=O)C2CC3OC2C1C3O.CCCN1C(=O)C2CC3OC2C1C3O.CCN1C(=O)C2CC3OC2C1C3O.CN1C(=O)C2CC3OC2C1C3O.O=C1C2CC3OC2C(C3O)N1C12CC3CC(CC(C3)C1)C2.O=C1C2CC3OC2C(C3O)N1C1CCCCC1.O=C1NC2C(O)C3CC1C2O3. The Morgan fingerprint density at radius 1 is 0.364 bits per heavy atom. The topological polar surface area (TPSA) is 457 Å². The quantitative estimate of drug-likeness (QED) is 0.129. The Morgan fingerprint density at radius 2 is 0.720 bits per heavy atom. The molecule has 0 aromatic carbocycles. The van der Waals surface area contributed by atoms with Crippen LogP contribution in [0, 0.1) is 71.0 Å². The van der Waals surface area contributed by atoms with Crippen LogP contribution in [0.15, 0.2) is 0 Å². The van der Waals surface area contributed by atoms with E-state index in [0.29, 0.717) is 44.2 Å². The lowest BCUT2D eigenvalue weighted by Crippen LogP contribution is -2.64. The van der Waals surface area contributed by atoms with Crippen LogP contribution in [0.2, 0.25) is 0 Å². The van der Waals surface area contributed by atoms with E-state index in [1.165, 1.54) is 57.8 Å². The number of carbonyl (C=O) groups is 9. The molecule has 45 unspecified atom stereocenters. The van der Waals surface area contributed by atoms with Crippen molar-refractivity contribution in [3.63, 3.8) is 0 Å². The van der Waals surface area contributed by atoms with Crippen molar-refractivity contribution in [2.75, 3.05) is 26.7 Å². The molecule has 36 nitrogen and oxygen atoms in total. The molecule has 0 spiro atoms. The van der Waals surface area contributed by atoms with Gasteiger partial charge in [0, 0.05) is 49.8 Å². The molecule has 132 heavy (non-hydrogen) atoms. The molecule has 5 aliphatic carbocycles. The molecule has 0 radical (unpaired) electrons. The van der Waals surface area contributed by atoms with E-state index in [2.05, 4.69) is 17.1 Å². The number of hydrogen-bond donors (Lipinski definition) is 10. The van der Waals surface area contributed by atoms with Crippen LogP contribution in [0.25, 0.3) is 0 Å². The summed E-state index contributed by atoms with van der Waals surface area (Å²) in [6.07, 6.45) is 18.1. The normalized spacial score (nSPS) is 52.8.